The molecule has 1 heterocycles. The minimum absolute atomic E-state index is 0.136. The maximum Gasteiger partial charge on any atom is 0.243 e. The lowest BCUT2D eigenvalue weighted by Gasteiger charge is -2.21. The highest BCUT2D eigenvalue weighted by Gasteiger charge is 2.44. The number of hydrogen-bond acceptors (Lipinski definition) is 4. The molecule has 1 aliphatic heterocycles. The highest BCUT2D eigenvalue weighted by molar-refractivity contribution is 6.01. The van der Waals surface area contributed by atoms with Gasteiger partial charge < -0.3 is 14.9 Å². The van der Waals surface area contributed by atoms with Crippen LogP contribution in [0.5, 0.6) is 0 Å². The molecule has 0 spiro atoms. The first-order valence-corrected chi connectivity index (χ1v) is 3.76. The highest BCUT2D eigenvalue weighted by atomic mass is 16.5. The van der Waals surface area contributed by atoms with E-state index in [9.17, 15) is 4.79 Å². The summed E-state index contributed by atoms with van der Waals surface area (Å²) in [6.45, 7) is 2.94. The molecule has 12 heavy (non-hydrogen) atoms. The third-order valence-corrected chi connectivity index (χ3v) is 2.00. The number of ether oxygens (including phenoxy) is 1. The first-order valence-electron chi connectivity index (χ1n) is 3.76. The molecule has 0 radical (unpaired) electrons. The van der Waals surface area contributed by atoms with Crippen LogP contribution in [0, 0.1) is 0 Å². The topological polar surface area (TPSA) is 66.8 Å². The van der Waals surface area contributed by atoms with Crippen molar-refractivity contribution >= 4 is 5.78 Å². The van der Waals surface area contributed by atoms with Crippen molar-refractivity contribution in [3.63, 3.8) is 0 Å². The van der Waals surface area contributed by atoms with Crippen LogP contribution in [-0.4, -0.2) is 28.2 Å². The fourth-order valence-electron chi connectivity index (χ4n) is 1.22. The lowest BCUT2D eigenvalue weighted by molar-refractivity contribution is -0.132. The molecule has 2 N–H and O–H groups in total. The molecule has 4 heteroatoms. The van der Waals surface area contributed by atoms with Crippen LogP contribution in [-0.2, 0) is 9.53 Å². The third kappa shape index (κ3) is 1.18. The van der Waals surface area contributed by atoms with Crippen molar-refractivity contribution in [3.05, 3.63) is 11.5 Å². The van der Waals surface area contributed by atoms with Gasteiger partial charge in [0.2, 0.25) is 11.5 Å². The number of hydrogen-bond donors (Lipinski definition) is 2. The molecule has 0 saturated heterocycles. The van der Waals surface area contributed by atoms with Gasteiger partial charge in [-0.2, -0.15) is 0 Å². The molecular formula is C8H12O4. The second-order valence-corrected chi connectivity index (χ2v) is 3.04. The molecule has 1 aliphatic rings. The maximum atomic E-state index is 11.3. The molecule has 0 aromatic rings. The number of aliphatic hydroxyl groups is 2. The van der Waals surface area contributed by atoms with Gasteiger partial charge in [0.05, 0.1) is 0 Å². The molecule has 0 amide bonds. The van der Waals surface area contributed by atoms with E-state index < -0.39 is 11.4 Å². The zero-order valence-electron chi connectivity index (χ0n) is 7.13. The molecule has 0 aromatic carbocycles. The van der Waals surface area contributed by atoms with E-state index in [1.54, 1.807) is 6.92 Å². The Hall–Kier alpha value is -1.03. The fraction of sp³-hybridized carbons (Fsp3) is 0.625. The van der Waals surface area contributed by atoms with E-state index in [-0.39, 0.29) is 24.5 Å². The second kappa shape index (κ2) is 2.79. The van der Waals surface area contributed by atoms with Crippen molar-refractivity contribution in [2.24, 2.45) is 0 Å². The number of aliphatic hydroxyl groups excluding tert-OH is 2. The molecule has 0 saturated carbocycles. The van der Waals surface area contributed by atoms with Crippen molar-refractivity contribution in [2.45, 2.75) is 25.9 Å². The van der Waals surface area contributed by atoms with Crippen LogP contribution in [0.1, 0.15) is 20.3 Å². The summed E-state index contributed by atoms with van der Waals surface area (Å²) in [6.07, 6.45) is 0.202. The van der Waals surface area contributed by atoms with Gasteiger partial charge in [-0.1, -0.05) is 0 Å². The van der Waals surface area contributed by atoms with Gasteiger partial charge in [-0.3, -0.25) is 4.79 Å². The molecule has 0 fully saturated rings. The summed E-state index contributed by atoms with van der Waals surface area (Å²) >= 11 is 0. The highest BCUT2D eigenvalue weighted by Crippen LogP contribution is 2.31. The van der Waals surface area contributed by atoms with Crippen molar-refractivity contribution in [3.8, 4) is 0 Å². The largest absolute Gasteiger partial charge is 0.502 e. The van der Waals surface area contributed by atoms with E-state index in [1.165, 1.54) is 6.92 Å². The van der Waals surface area contributed by atoms with Crippen molar-refractivity contribution in [1.29, 1.82) is 0 Å². The van der Waals surface area contributed by atoms with E-state index in [1.807, 2.05) is 0 Å². The summed E-state index contributed by atoms with van der Waals surface area (Å²) in [7, 11) is 0. The van der Waals surface area contributed by atoms with Crippen molar-refractivity contribution < 1.29 is 19.7 Å². The smallest absolute Gasteiger partial charge is 0.243 e. The van der Waals surface area contributed by atoms with Crippen molar-refractivity contribution in [1.82, 2.24) is 0 Å². The number of carbonyl (C=O) groups excluding carboxylic acids is 1. The zero-order valence-corrected chi connectivity index (χ0v) is 7.13. The minimum Gasteiger partial charge on any atom is -0.502 e. The number of allylic oxidation sites excluding steroid dienone is 1. The molecule has 4 nitrogen and oxygen atoms in total. The standard InChI is InChI=1S/C8H12O4/c1-5-6(10)7(11)8(2,12-5)3-4-9/h9-10H,3-4H2,1-2H3. The molecule has 1 unspecified atom stereocenters. The Bertz CT molecular complexity index is 243. The van der Waals surface area contributed by atoms with Crippen LogP contribution in [0.25, 0.3) is 0 Å². The summed E-state index contributed by atoms with van der Waals surface area (Å²) in [6, 6.07) is 0. The summed E-state index contributed by atoms with van der Waals surface area (Å²) in [5.74, 6) is -0.545. The molecular weight excluding hydrogens is 160 g/mol. The Morgan fingerprint density at radius 2 is 2.17 bits per heavy atom. The van der Waals surface area contributed by atoms with Gasteiger partial charge in [0.25, 0.3) is 0 Å². The quantitative estimate of drug-likeness (QED) is 0.637. The van der Waals surface area contributed by atoms with Crippen LogP contribution in [0.4, 0.5) is 0 Å². The predicted octanol–water partition coefficient (Wildman–Crippen LogP) is 0.516. The van der Waals surface area contributed by atoms with E-state index in [0.29, 0.717) is 0 Å². The second-order valence-electron chi connectivity index (χ2n) is 3.04. The molecule has 0 bridgehead atoms. The molecule has 0 aliphatic carbocycles. The number of rotatable bonds is 2. The average Bonchev–Trinajstić information content (AvgIpc) is 2.17. The third-order valence-electron chi connectivity index (χ3n) is 2.00. The number of Topliss-reactive ketones (excluding diaryl/α,β-unsaturated/α-hetero) is 1. The summed E-state index contributed by atoms with van der Waals surface area (Å²) in [4.78, 5) is 11.3. The summed E-state index contributed by atoms with van der Waals surface area (Å²) in [5.41, 5.74) is -1.07. The van der Waals surface area contributed by atoms with Gasteiger partial charge in [0.1, 0.15) is 5.76 Å². The Morgan fingerprint density at radius 1 is 1.58 bits per heavy atom. The first kappa shape index (κ1) is 9.06. The monoisotopic (exact) mass is 172 g/mol. The Morgan fingerprint density at radius 3 is 2.50 bits per heavy atom. The fourth-order valence-corrected chi connectivity index (χ4v) is 1.22. The first-order chi connectivity index (χ1) is 5.51. The Balaban J connectivity index is 2.84. The normalized spacial score (nSPS) is 29.4. The van der Waals surface area contributed by atoms with Crippen molar-refractivity contribution in [2.75, 3.05) is 6.61 Å². The lowest BCUT2D eigenvalue weighted by atomic mass is 9.98. The Kier molecular flexibility index (Phi) is 2.10. The van der Waals surface area contributed by atoms with Gasteiger partial charge in [-0.15, -0.1) is 0 Å². The molecule has 1 rings (SSSR count). The van der Waals surface area contributed by atoms with Crippen LogP contribution in [0.3, 0.4) is 0 Å². The van der Waals surface area contributed by atoms with Gasteiger partial charge in [0.15, 0.2) is 5.60 Å². The van der Waals surface area contributed by atoms with E-state index >= 15 is 0 Å². The summed E-state index contributed by atoms with van der Waals surface area (Å²) < 4.78 is 5.13. The van der Waals surface area contributed by atoms with Gasteiger partial charge in [0, 0.05) is 13.0 Å². The van der Waals surface area contributed by atoms with Crippen LogP contribution < -0.4 is 0 Å². The zero-order chi connectivity index (χ0) is 9.35. The van der Waals surface area contributed by atoms with Crippen LogP contribution in [0.15, 0.2) is 11.5 Å². The minimum atomic E-state index is -1.07. The Labute approximate surface area is 70.5 Å². The number of ketones is 1. The molecule has 1 atom stereocenters. The predicted molar refractivity (Wildman–Crippen MR) is 41.5 cm³/mol. The summed E-state index contributed by atoms with van der Waals surface area (Å²) in [5, 5.41) is 17.8. The van der Waals surface area contributed by atoms with E-state index in [4.69, 9.17) is 14.9 Å². The van der Waals surface area contributed by atoms with E-state index in [2.05, 4.69) is 0 Å². The van der Waals surface area contributed by atoms with Crippen LogP contribution >= 0.6 is 0 Å². The average molecular weight is 172 g/mol. The van der Waals surface area contributed by atoms with Crippen LogP contribution in [0.2, 0.25) is 0 Å². The maximum absolute atomic E-state index is 11.3. The van der Waals surface area contributed by atoms with Gasteiger partial charge in [-0.25, -0.2) is 0 Å². The van der Waals surface area contributed by atoms with Gasteiger partial charge in [-0.05, 0) is 13.8 Å². The van der Waals surface area contributed by atoms with Gasteiger partial charge >= 0.3 is 0 Å². The SMILES string of the molecule is CC1=C(O)C(=O)C(C)(CCO)O1. The van der Waals surface area contributed by atoms with E-state index in [0.717, 1.165) is 0 Å². The lowest BCUT2D eigenvalue weighted by Crippen LogP contribution is -2.34. The molecule has 68 valence electrons. The molecule has 0 aromatic heterocycles. The number of carbonyl (C=O) groups is 1.